The van der Waals surface area contributed by atoms with Crippen molar-refractivity contribution >= 4 is 16.7 Å². The van der Waals surface area contributed by atoms with Gasteiger partial charge in [-0.2, -0.15) is 0 Å². The summed E-state index contributed by atoms with van der Waals surface area (Å²) in [5.41, 5.74) is 6.86. The minimum Gasteiger partial charge on any atom is -0.493 e. The SMILES string of the molecule is NC(=O)c1ccccc1CCOc1cccc2ccccc12. The molecule has 3 aromatic rings. The zero-order valence-corrected chi connectivity index (χ0v) is 12.2. The van der Waals surface area contributed by atoms with Crippen molar-refractivity contribution in [2.24, 2.45) is 5.73 Å². The maximum absolute atomic E-state index is 11.4. The molecule has 2 N–H and O–H groups in total. The Kier molecular flexibility index (Phi) is 4.05. The van der Waals surface area contributed by atoms with Crippen LogP contribution in [0.3, 0.4) is 0 Å². The van der Waals surface area contributed by atoms with E-state index in [2.05, 4.69) is 12.1 Å². The molecule has 0 heterocycles. The van der Waals surface area contributed by atoms with Crippen molar-refractivity contribution in [2.75, 3.05) is 6.61 Å². The van der Waals surface area contributed by atoms with Gasteiger partial charge in [0.2, 0.25) is 5.91 Å². The topological polar surface area (TPSA) is 52.3 Å². The average molecular weight is 291 g/mol. The summed E-state index contributed by atoms with van der Waals surface area (Å²) in [5, 5.41) is 2.24. The number of amides is 1. The van der Waals surface area contributed by atoms with E-state index in [4.69, 9.17) is 10.5 Å². The smallest absolute Gasteiger partial charge is 0.248 e. The van der Waals surface area contributed by atoms with E-state index in [1.54, 1.807) is 6.07 Å². The lowest BCUT2D eigenvalue weighted by molar-refractivity contribution is 0.0999. The van der Waals surface area contributed by atoms with Gasteiger partial charge in [0, 0.05) is 17.4 Å². The molecule has 0 spiro atoms. The standard InChI is InChI=1S/C19H17NO2/c20-19(21)17-10-4-2-7-15(17)12-13-22-18-11-5-8-14-6-1-3-9-16(14)18/h1-11H,12-13H2,(H2,20,21). The Morgan fingerprint density at radius 1 is 0.909 bits per heavy atom. The molecule has 3 aromatic carbocycles. The Hall–Kier alpha value is -2.81. The number of hydrogen-bond acceptors (Lipinski definition) is 2. The minimum absolute atomic E-state index is 0.402. The zero-order valence-electron chi connectivity index (χ0n) is 12.2. The summed E-state index contributed by atoms with van der Waals surface area (Å²) in [5.74, 6) is 0.454. The highest BCUT2D eigenvalue weighted by atomic mass is 16.5. The molecular formula is C19H17NO2. The van der Waals surface area contributed by atoms with Crippen molar-refractivity contribution in [3.63, 3.8) is 0 Å². The summed E-state index contributed by atoms with van der Waals surface area (Å²) in [4.78, 5) is 11.4. The van der Waals surface area contributed by atoms with E-state index in [0.29, 0.717) is 18.6 Å². The molecule has 0 atom stereocenters. The first kappa shape index (κ1) is 14.1. The van der Waals surface area contributed by atoms with Crippen molar-refractivity contribution < 1.29 is 9.53 Å². The van der Waals surface area contributed by atoms with Crippen LogP contribution >= 0.6 is 0 Å². The molecule has 0 unspecified atom stereocenters. The van der Waals surface area contributed by atoms with E-state index >= 15 is 0 Å². The lowest BCUT2D eigenvalue weighted by atomic mass is 10.0. The van der Waals surface area contributed by atoms with Gasteiger partial charge in [-0.25, -0.2) is 0 Å². The van der Waals surface area contributed by atoms with E-state index in [9.17, 15) is 4.79 Å². The lowest BCUT2D eigenvalue weighted by Gasteiger charge is -2.10. The number of ether oxygens (including phenoxy) is 1. The van der Waals surface area contributed by atoms with E-state index < -0.39 is 5.91 Å². The van der Waals surface area contributed by atoms with Crippen LogP contribution in [-0.4, -0.2) is 12.5 Å². The molecular weight excluding hydrogens is 274 g/mol. The molecule has 0 aliphatic rings. The van der Waals surface area contributed by atoms with E-state index in [0.717, 1.165) is 22.1 Å². The molecule has 0 aliphatic heterocycles. The van der Waals surface area contributed by atoms with Gasteiger partial charge >= 0.3 is 0 Å². The molecule has 110 valence electrons. The number of benzene rings is 3. The van der Waals surface area contributed by atoms with Crippen LogP contribution in [0, 0.1) is 0 Å². The summed E-state index contributed by atoms with van der Waals surface area (Å²) in [6.45, 7) is 0.498. The van der Waals surface area contributed by atoms with Gasteiger partial charge in [0.15, 0.2) is 0 Å². The fraction of sp³-hybridized carbons (Fsp3) is 0.105. The second kappa shape index (κ2) is 6.31. The quantitative estimate of drug-likeness (QED) is 0.781. The van der Waals surface area contributed by atoms with Gasteiger partial charge < -0.3 is 10.5 Å². The summed E-state index contributed by atoms with van der Waals surface area (Å²) < 4.78 is 5.91. The Balaban J connectivity index is 1.74. The monoisotopic (exact) mass is 291 g/mol. The van der Waals surface area contributed by atoms with Crippen LogP contribution in [0.25, 0.3) is 10.8 Å². The third-order valence-corrected chi connectivity index (χ3v) is 3.66. The molecule has 0 aromatic heterocycles. The van der Waals surface area contributed by atoms with Gasteiger partial charge in [-0.15, -0.1) is 0 Å². The number of fused-ring (bicyclic) bond motifs is 1. The average Bonchev–Trinajstić information content (AvgIpc) is 2.55. The second-order valence-electron chi connectivity index (χ2n) is 5.10. The van der Waals surface area contributed by atoms with Crippen LogP contribution in [0.1, 0.15) is 15.9 Å². The van der Waals surface area contributed by atoms with E-state index in [-0.39, 0.29) is 0 Å². The molecule has 0 saturated carbocycles. The predicted octanol–water partition coefficient (Wildman–Crippen LogP) is 3.56. The van der Waals surface area contributed by atoms with Gasteiger partial charge in [0.1, 0.15) is 5.75 Å². The van der Waals surface area contributed by atoms with Gasteiger partial charge in [-0.3, -0.25) is 4.79 Å². The number of rotatable bonds is 5. The molecule has 0 bridgehead atoms. The van der Waals surface area contributed by atoms with Crippen LogP contribution in [0.4, 0.5) is 0 Å². The van der Waals surface area contributed by atoms with Gasteiger partial charge in [0.05, 0.1) is 6.61 Å². The van der Waals surface area contributed by atoms with Crippen molar-refractivity contribution in [1.82, 2.24) is 0 Å². The van der Waals surface area contributed by atoms with Crippen molar-refractivity contribution in [3.05, 3.63) is 77.9 Å². The number of hydrogen-bond donors (Lipinski definition) is 1. The first-order chi connectivity index (χ1) is 10.8. The maximum Gasteiger partial charge on any atom is 0.248 e. The van der Waals surface area contributed by atoms with Crippen molar-refractivity contribution in [1.29, 1.82) is 0 Å². The number of carbonyl (C=O) groups excluding carboxylic acids is 1. The minimum atomic E-state index is -0.402. The molecule has 22 heavy (non-hydrogen) atoms. The molecule has 0 aliphatic carbocycles. The maximum atomic E-state index is 11.4. The fourth-order valence-electron chi connectivity index (χ4n) is 2.57. The van der Waals surface area contributed by atoms with Gasteiger partial charge in [-0.05, 0) is 23.1 Å². The summed E-state index contributed by atoms with van der Waals surface area (Å²) in [7, 11) is 0. The first-order valence-corrected chi connectivity index (χ1v) is 7.24. The molecule has 0 saturated heterocycles. The molecule has 0 fully saturated rings. The Morgan fingerprint density at radius 3 is 2.50 bits per heavy atom. The highest BCUT2D eigenvalue weighted by Gasteiger charge is 2.07. The summed E-state index contributed by atoms with van der Waals surface area (Å²) >= 11 is 0. The van der Waals surface area contributed by atoms with E-state index in [1.807, 2.05) is 48.5 Å². The largest absolute Gasteiger partial charge is 0.493 e. The first-order valence-electron chi connectivity index (χ1n) is 7.24. The third-order valence-electron chi connectivity index (χ3n) is 3.66. The van der Waals surface area contributed by atoms with E-state index in [1.165, 1.54) is 0 Å². The fourth-order valence-corrected chi connectivity index (χ4v) is 2.57. The highest BCUT2D eigenvalue weighted by molar-refractivity contribution is 5.94. The molecule has 3 nitrogen and oxygen atoms in total. The molecule has 1 amide bonds. The van der Waals surface area contributed by atoms with Crippen LogP contribution in [0.2, 0.25) is 0 Å². The van der Waals surface area contributed by atoms with Crippen molar-refractivity contribution in [3.8, 4) is 5.75 Å². The zero-order chi connectivity index (χ0) is 15.4. The number of nitrogens with two attached hydrogens (primary N) is 1. The van der Waals surface area contributed by atoms with Crippen molar-refractivity contribution in [2.45, 2.75) is 6.42 Å². The Labute approximate surface area is 129 Å². The van der Waals surface area contributed by atoms with Gasteiger partial charge in [-0.1, -0.05) is 54.6 Å². The normalized spacial score (nSPS) is 10.5. The third kappa shape index (κ3) is 2.93. The van der Waals surface area contributed by atoms with Gasteiger partial charge in [0.25, 0.3) is 0 Å². The summed E-state index contributed by atoms with van der Waals surface area (Å²) in [6.07, 6.45) is 0.641. The predicted molar refractivity (Wildman–Crippen MR) is 88.1 cm³/mol. The van der Waals surface area contributed by atoms with Crippen LogP contribution in [0.15, 0.2) is 66.7 Å². The molecule has 3 rings (SSSR count). The number of carbonyl (C=O) groups is 1. The Bertz CT molecular complexity index is 806. The Morgan fingerprint density at radius 2 is 1.64 bits per heavy atom. The lowest BCUT2D eigenvalue weighted by Crippen LogP contribution is -2.15. The summed E-state index contributed by atoms with van der Waals surface area (Å²) in [6, 6.07) is 21.5. The number of primary amides is 1. The van der Waals surface area contributed by atoms with Crippen LogP contribution in [-0.2, 0) is 6.42 Å². The molecule has 3 heteroatoms. The molecule has 0 radical (unpaired) electrons. The van der Waals surface area contributed by atoms with Crippen LogP contribution in [0.5, 0.6) is 5.75 Å². The highest BCUT2D eigenvalue weighted by Crippen LogP contribution is 2.25. The van der Waals surface area contributed by atoms with Crippen LogP contribution < -0.4 is 10.5 Å². The second-order valence-corrected chi connectivity index (χ2v) is 5.10.